The molecule has 0 aliphatic carbocycles. The molecule has 0 fully saturated rings. The van der Waals surface area contributed by atoms with Crippen LogP contribution < -0.4 is 4.72 Å². The number of nitrogens with zero attached hydrogens (tertiary/aromatic N) is 1. The van der Waals surface area contributed by atoms with E-state index in [2.05, 4.69) is 26.7 Å². The van der Waals surface area contributed by atoms with Gasteiger partial charge in [0.15, 0.2) is 0 Å². The van der Waals surface area contributed by atoms with Crippen molar-refractivity contribution in [3.8, 4) is 6.07 Å². The van der Waals surface area contributed by atoms with E-state index in [1.54, 1.807) is 0 Å². The smallest absolute Gasteiger partial charge is 0.0979 e. The fraction of sp³-hybridized carbons (Fsp3) is 0.667. The van der Waals surface area contributed by atoms with Crippen LogP contribution in [0.4, 0.5) is 0 Å². The molecule has 0 bridgehead atoms. The summed E-state index contributed by atoms with van der Waals surface area (Å²) in [6.45, 7) is 11.5. The molecule has 0 unspecified atom stereocenters. The molecule has 0 saturated heterocycles. The van der Waals surface area contributed by atoms with E-state index >= 15 is 0 Å². The van der Waals surface area contributed by atoms with Crippen LogP contribution in [0.15, 0.2) is 9.85 Å². The quantitative estimate of drug-likeness (QED) is 0.616. The molecule has 0 radical (unpaired) electrons. The van der Waals surface area contributed by atoms with Crippen LogP contribution >= 0.6 is 50.6 Å². The second-order valence-corrected chi connectivity index (χ2v) is 13.4. The Bertz CT molecular complexity index is 634. The van der Waals surface area contributed by atoms with E-state index < -0.39 is 26.0 Å². The van der Waals surface area contributed by atoms with E-state index in [9.17, 15) is 9.47 Å². The van der Waals surface area contributed by atoms with Crippen molar-refractivity contribution in [1.82, 2.24) is 4.72 Å². The van der Waals surface area contributed by atoms with Gasteiger partial charge in [-0.05, 0) is 63.5 Å². The largest absolute Gasteiger partial charge is 0.242 e. The molecule has 1 heterocycles. The molecular formula is C15H22BrClN2OS3. The number of halogens is 2. The minimum absolute atomic E-state index is 0.391. The van der Waals surface area contributed by atoms with Crippen LogP contribution in [0.25, 0.3) is 0 Å². The van der Waals surface area contributed by atoms with Crippen molar-refractivity contribution in [3.05, 3.63) is 19.8 Å². The maximum Gasteiger partial charge on any atom is 0.0979 e. The Kier molecular flexibility index (Phi) is 7.24. The van der Waals surface area contributed by atoms with Gasteiger partial charge in [0.1, 0.15) is 0 Å². The Balaban J connectivity index is 3.18. The SMILES string of the molecule is CC(C)(C#N)SC[C@](C)(N[S@](=O)C(C)(C)C)c1sc(Br)cc1Cl. The van der Waals surface area contributed by atoms with Gasteiger partial charge in [-0.15, -0.1) is 23.1 Å². The third kappa shape index (κ3) is 6.02. The number of thiophene rings is 1. The second-order valence-electron chi connectivity index (χ2n) is 6.95. The number of hydrogen-bond donors (Lipinski definition) is 1. The molecule has 0 amide bonds. The highest BCUT2D eigenvalue weighted by Crippen LogP contribution is 2.42. The summed E-state index contributed by atoms with van der Waals surface area (Å²) in [6.07, 6.45) is 0. The normalized spacial score (nSPS) is 16.7. The Morgan fingerprint density at radius 2 is 1.96 bits per heavy atom. The first kappa shape index (κ1) is 21.5. The van der Waals surface area contributed by atoms with Gasteiger partial charge >= 0.3 is 0 Å². The average Bonchev–Trinajstić information content (AvgIpc) is 2.75. The van der Waals surface area contributed by atoms with Gasteiger partial charge in [0.2, 0.25) is 0 Å². The topological polar surface area (TPSA) is 52.9 Å². The average molecular weight is 458 g/mol. The van der Waals surface area contributed by atoms with Gasteiger partial charge in [-0.3, -0.25) is 0 Å². The first-order valence-electron chi connectivity index (χ1n) is 7.01. The zero-order chi connectivity index (χ0) is 18.1. The van der Waals surface area contributed by atoms with E-state index in [-0.39, 0.29) is 0 Å². The first-order chi connectivity index (χ1) is 10.3. The standard InChI is InChI=1S/C15H22BrClN2OS3/c1-13(2,3)23(20)19-15(6,9-21-14(4,5)8-18)12-10(17)7-11(16)22-12/h7,19H,9H2,1-6H3/t15-,23+/m0/s1. The van der Waals surface area contributed by atoms with Crippen molar-refractivity contribution in [2.75, 3.05) is 5.75 Å². The number of hydrogen-bond acceptors (Lipinski definition) is 4. The summed E-state index contributed by atoms with van der Waals surface area (Å²) in [7, 11) is -1.25. The van der Waals surface area contributed by atoms with Crippen LogP contribution in [0.1, 0.15) is 46.4 Å². The predicted octanol–water partition coefficient (Wildman–Crippen LogP) is 5.47. The molecule has 8 heteroatoms. The van der Waals surface area contributed by atoms with Crippen molar-refractivity contribution >= 4 is 61.6 Å². The van der Waals surface area contributed by atoms with E-state index in [0.29, 0.717) is 10.8 Å². The van der Waals surface area contributed by atoms with E-state index in [1.165, 1.54) is 23.1 Å². The summed E-state index contributed by atoms with van der Waals surface area (Å²) in [5, 5.41) is 9.89. The van der Waals surface area contributed by atoms with E-state index in [1.807, 2.05) is 47.6 Å². The highest BCUT2D eigenvalue weighted by Gasteiger charge is 2.37. The van der Waals surface area contributed by atoms with E-state index in [4.69, 9.17) is 11.6 Å². The Labute approximate surface area is 163 Å². The molecule has 0 aliphatic heterocycles. The lowest BCUT2D eigenvalue weighted by Crippen LogP contribution is -2.48. The highest BCUT2D eigenvalue weighted by molar-refractivity contribution is 9.11. The molecular weight excluding hydrogens is 436 g/mol. The van der Waals surface area contributed by atoms with Crippen molar-refractivity contribution in [3.63, 3.8) is 0 Å². The number of nitriles is 1. The Morgan fingerprint density at radius 3 is 2.35 bits per heavy atom. The Morgan fingerprint density at radius 1 is 1.39 bits per heavy atom. The molecule has 0 spiro atoms. The molecule has 23 heavy (non-hydrogen) atoms. The minimum atomic E-state index is -1.25. The van der Waals surface area contributed by atoms with Gasteiger partial charge in [-0.1, -0.05) is 11.6 Å². The third-order valence-corrected chi connectivity index (χ3v) is 8.62. The lowest BCUT2D eigenvalue weighted by molar-refractivity contribution is 0.504. The van der Waals surface area contributed by atoms with Crippen molar-refractivity contribution in [1.29, 1.82) is 5.26 Å². The van der Waals surface area contributed by atoms with Gasteiger partial charge in [0.25, 0.3) is 0 Å². The lowest BCUT2D eigenvalue weighted by Gasteiger charge is -2.34. The monoisotopic (exact) mass is 456 g/mol. The number of nitrogens with one attached hydrogen (secondary N) is 1. The summed E-state index contributed by atoms with van der Waals surface area (Å²) in [6, 6.07) is 4.14. The van der Waals surface area contributed by atoms with Crippen molar-refractivity contribution in [2.45, 2.75) is 56.6 Å². The van der Waals surface area contributed by atoms with Crippen molar-refractivity contribution in [2.24, 2.45) is 0 Å². The summed E-state index contributed by atoms with van der Waals surface area (Å²) in [4.78, 5) is 0.921. The summed E-state index contributed by atoms with van der Waals surface area (Å²) in [5.74, 6) is 0.585. The minimum Gasteiger partial charge on any atom is -0.242 e. The molecule has 3 nitrogen and oxygen atoms in total. The molecule has 0 aromatic carbocycles. The second kappa shape index (κ2) is 7.76. The van der Waals surface area contributed by atoms with Crippen LogP contribution in [0.2, 0.25) is 5.02 Å². The van der Waals surface area contributed by atoms with Crippen LogP contribution in [0, 0.1) is 11.3 Å². The summed E-state index contributed by atoms with van der Waals surface area (Å²) >= 11 is 12.9. The fourth-order valence-corrected chi connectivity index (χ4v) is 5.86. The van der Waals surface area contributed by atoms with Gasteiger partial charge in [-0.2, -0.15) is 5.26 Å². The zero-order valence-electron chi connectivity index (χ0n) is 14.1. The van der Waals surface area contributed by atoms with Gasteiger partial charge in [0, 0.05) is 10.6 Å². The third-order valence-electron chi connectivity index (χ3n) is 3.02. The maximum absolute atomic E-state index is 12.6. The van der Waals surface area contributed by atoms with Gasteiger partial charge < -0.3 is 0 Å². The van der Waals surface area contributed by atoms with Crippen LogP contribution in [0.5, 0.6) is 0 Å². The molecule has 1 aromatic heterocycles. The summed E-state index contributed by atoms with van der Waals surface area (Å²) in [5.41, 5.74) is -0.593. The van der Waals surface area contributed by atoms with Gasteiger partial charge in [0.05, 0.1) is 40.9 Å². The van der Waals surface area contributed by atoms with Crippen LogP contribution in [0.3, 0.4) is 0 Å². The molecule has 1 aromatic rings. The number of thioether (sulfide) groups is 1. The van der Waals surface area contributed by atoms with Crippen LogP contribution in [-0.2, 0) is 16.5 Å². The number of rotatable bonds is 6. The van der Waals surface area contributed by atoms with E-state index in [0.717, 1.165) is 8.66 Å². The predicted molar refractivity (Wildman–Crippen MR) is 108 cm³/mol. The lowest BCUT2D eigenvalue weighted by atomic mass is 10.1. The van der Waals surface area contributed by atoms with Gasteiger partial charge in [-0.25, -0.2) is 8.93 Å². The summed E-state index contributed by atoms with van der Waals surface area (Å²) < 4.78 is 15.9. The van der Waals surface area contributed by atoms with Crippen LogP contribution in [-0.4, -0.2) is 19.5 Å². The first-order valence-corrected chi connectivity index (χ1v) is 11.1. The van der Waals surface area contributed by atoms with Crippen molar-refractivity contribution < 1.29 is 4.21 Å². The molecule has 0 saturated carbocycles. The Hall–Kier alpha value is 0.420. The maximum atomic E-state index is 12.6. The fourth-order valence-electron chi connectivity index (χ4n) is 1.57. The molecule has 1 N–H and O–H groups in total. The molecule has 130 valence electrons. The zero-order valence-corrected chi connectivity index (χ0v) is 18.9. The molecule has 1 rings (SSSR count). The molecule has 0 aliphatic rings. The molecule has 2 atom stereocenters. The highest BCUT2D eigenvalue weighted by atomic mass is 79.9.